The summed E-state index contributed by atoms with van der Waals surface area (Å²) in [4.78, 5) is 34.6. The number of nitrogens with zero attached hydrogens (tertiary/aromatic N) is 2. The Kier molecular flexibility index (Phi) is 6.19. The number of aromatic nitrogens is 2. The van der Waals surface area contributed by atoms with Crippen LogP contribution in [-0.4, -0.2) is 61.9 Å². The number of ether oxygens (including phenoxy) is 2. The van der Waals surface area contributed by atoms with E-state index in [1.165, 1.54) is 6.20 Å². The van der Waals surface area contributed by atoms with Gasteiger partial charge in [-0.25, -0.2) is 4.98 Å². The predicted molar refractivity (Wildman–Crippen MR) is 98.8 cm³/mol. The Morgan fingerprint density at radius 2 is 2.19 bits per heavy atom. The van der Waals surface area contributed by atoms with Crippen molar-refractivity contribution >= 4 is 22.8 Å². The zero-order valence-corrected chi connectivity index (χ0v) is 14.9. The average molecular weight is 360 g/mol. The van der Waals surface area contributed by atoms with E-state index in [0.29, 0.717) is 44.9 Å². The fourth-order valence-corrected chi connectivity index (χ4v) is 2.83. The molecule has 0 aliphatic carbocycles. The minimum Gasteiger partial charge on any atom is -0.382 e. The van der Waals surface area contributed by atoms with Crippen LogP contribution in [0.25, 0.3) is 11.0 Å². The second kappa shape index (κ2) is 8.77. The molecule has 0 saturated carbocycles. The van der Waals surface area contributed by atoms with Crippen molar-refractivity contribution in [2.24, 2.45) is 0 Å². The summed E-state index contributed by atoms with van der Waals surface area (Å²) in [6, 6.07) is 3.69. The van der Waals surface area contributed by atoms with Crippen molar-refractivity contribution in [2.45, 2.75) is 13.3 Å². The SMILES string of the molecule is CCOCCCNC(=O)c1c[nH]c2ccc(N3CCOCC3)nc2c1=O. The highest BCUT2D eigenvalue weighted by molar-refractivity contribution is 5.96. The number of amides is 1. The molecule has 26 heavy (non-hydrogen) atoms. The monoisotopic (exact) mass is 360 g/mol. The first-order chi connectivity index (χ1) is 12.7. The van der Waals surface area contributed by atoms with Crippen LogP contribution < -0.4 is 15.6 Å². The van der Waals surface area contributed by atoms with Crippen LogP contribution in [0.3, 0.4) is 0 Å². The van der Waals surface area contributed by atoms with Gasteiger partial charge in [-0.3, -0.25) is 9.59 Å². The van der Waals surface area contributed by atoms with Crippen molar-refractivity contribution < 1.29 is 14.3 Å². The highest BCUT2D eigenvalue weighted by Crippen LogP contribution is 2.16. The molecule has 3 heterocycles. The molecule has 0 aromatic carbocycles. The molecule has 1 aliphatic rings. The normalized spacial score (nSPS) is 14.6. The summed E-state index contributed by atoms with van der Waals surface area (Å²) < 4.78 is 10.6. The zero-order valence-electron chi connectivity index (χ0n) is 14.9. The Morgan fingerprint density at radius 1 is 1.38 bits per heavy atom. The van der Waals surface area contributed by atoms with Gasteiger partial charge in [-0.05, 0) is 25.5 Å². The van der Waals surface area contributed by atoms with Gasteiger partial charge in [0.25, 0.3) is 5.91 Å². The molecule has 0 spiro atoms. The van der Waals surface area contributed by atoms with E-state index in [1.807, 2.05) is 19.1 Å². The quantitative estimate of drug-likeness (QED) is 0.713. The summed E-state index contributed by atoms with van der Waals surface area (Å²) in [5, 5.41) is 2.75. The van der Waals surface area contributed by atoms with E-state index in [-0.39, 0.29) is 16.5 Å². The molecule has 140 valence electrons. The maximum absolute atomic E-state index is 12.7. The van der Waals surface area contributed by atoms with E-state index in [2.05, 4.69) is 20.2 Å². The Balaban J connectivity index is 1.77. The molecule has 2 N–H and O–H groups in total. The van der Waals surface area contributed by atoms with Gasteiger partial charge >= 0.3 is 0 Å². The maximum Gasteiger partial charge on any atom is 0.256 e. The van der Waals surface area contributed by atoms with Gasteiger partial charge in [-0.1, -0.05) is 0 Å². The molecule has 8 nitrogen and oxygen atoms in total. The van der Waals surface area contributed by atoms with Crippen LogP contribution in [0.5, 0.6) is 0 Å². The van der Waals surface area contributed by atoms with Crippen molar-refractivity contribution in [3.8, 4) is 0 Å². The molecule has 2 aromatic heterocycles. The number of aromatic amines is 1. The van der Waals surface area contributed by atoms with Gasteiger partial charge in [0, 0.05) is 39.0 Å². The third-order valence-corrected chi connectivity index (χ3v) is 4.25. The first-order valence-electron chi connectivity index (χ1n) is 8.91. The Labute approximate surface area is 151 Å². The van der Waals surface area contributed by atoms with Crippen LogP contribution in [-0.2, 0) is 9.47 Å². The number of nitrogens with one attached hydrogen (secondary N) is 2. The standard InChI is InChI=1S/C18H24N4O4/c1-2-25-9-3-6-19-18(24)13-12-20-14-4-5-15(21-16(14)17(13)23)22-7-10-26-11-8-22/h4-5,12H,2-3,6-11H2,1H3,(H,19,24)(H,20,23). The fraction of sp³-hybridized carbons (Fsp3) is 0.500. The van der Waals surface area contributed by atoms with E-state index in [9.17, 15) is 9.59 Å². The van der Waals surface area contributed by atoms with Gasteiger partial charge in [-0.2, -0.15) is 0 Å². The lowest BCUT2D eigenvalue weighted by molar-refractivity contribution is 0.0943. The molecule has 0 radical (unpaired) electrons. The largest absolute Gasteiger partial charge is 0.382 e. The second-order valence-electron chi connectivity index (χ2n) is 6.00. The number of hydrogen-bond acceptors (Lipinski definition) is 6. The summed E-state index contributed by atoms with van der Waals surface area (Å²) in [5.74, 6) is 0.323. The molecule has 2 aromatic rings. The van der Waals surface area contributed by atoms with Crippen molar-refractivity contribution in [1.82, 2.24) is 15.3 Å². The molecule has 1 amide bonds. The number of fused-ring (bicyclic) bond motifs is 1. The topological polar surface area (TPSA) is 96.6 Å². The fourth-order valence-electron chi connectivity index (χ4n) is 2.83. The molecule has 0 atom stereocenters. The maximum atomic E-state index is 12.7. The van der Waals surface area contributed by atoms with Crippen molar-refractivity contribution in [1.29, 1.82) is 0 Å². The van der Waals surface area contributed by atoms with Gasteiger partial charge in [0.2, 0.25) is 5.43 Å². The first kappa shape index (κ1) is 18.3. The van der Waals surface area contributed by atoms with Crippen LogP contribution in [0.2, 0.25) is 0 Å². The van der Waals surface area contributed by atoms with Gasteiger partial charge in [0.05, 0.1) is 18.7 Å². The van der Waals surface area contributed by atoms with Gasteiger partial charge in [0.1, 0.15) is 16.9 Å². The highest BCUT2D eigenvalue weighted by atomic mass is 16.5. The van der Waals surface area contributed by atoms with E-state index >= 15 is 0 Å². The molecule has 3 rings (SSSR count). The number of rotatable bonds is 7. The molecule has 1 fully saturated rings. The summed E-state index contributed by atoms with van der Waals surface area (Å²) in [5.41, 5.74) is 0.590. The molecule has 0 unspecified atom stereocenters. The van der Waals surface area contributed by atoms with Crippen LogP contribution in [0, 0.1) is 0 Å². The zero-order chi connectivity index (χ0) is 18.4. The highest BCUT2D eigenvalue weighted by Gasteiger charge is 2.17. The third-order valence-electron chi connectivity index (χ3n) is 4.25. The summed E-state index contributed by atoms with van der Waals surface area (Å²) in [6.45, 7) is 6.35. The molecule has 1 aliphatic heterocycles. The average Bonchev–Trinajstić information content (AvgIpc) is 2.68. The minimum absolute atomic E-state index is 0.0699. The molecule has 0 bridgehead atoms. The number of pyridine rings is 2. The van der Waals surface area contributed by atoms with Crippen LogP contribution in [0.15, 0.2) is 23.1 Å². The number of morpholine rings is 1. The number of carbonyl (C=O) groups is 1. The van der Waals surface area contributed by atoms with Crippen LogP contribution in [0.4, 0.5) is 5.82 Å². The second-order valence-corrected chi connectivity index (χ2v) is 6.00. The lowest BCUT2D eigenvalue weighted by Gasteiger charge is -2.27. The van der Waals surface area contributed by atoms with Crippen LogP contribution >= 0.6 is 0 Å². The Hall–Kier alpha value is -2.45. The number of H-pyrrole nitrogens is 1. The van der Waals surface area contributed by atoms with E-state index in [0.717, 1.165) is 18.9 Å². The van der Waals surface area contributed by atoms with Gasteiger partial charge in [-0.15, -0.1) is 0 Å². The van der Waals surface area contributed by atoms with E-state index in [1.54, 1.807) is 0 Å². The van der Waals surface area contributed by atoms with Gasteiger partial charge < -0.3 is 24.7 Å². The summed E-state index contributed by atoms with van der Waals surface area (Å²) in [6.07, 6.45) is 2.14. The third kappa shape index (κ3) is 4.20. The van der Waals surface area contributed by atoms with Crippen molar-refractivity contribution in [3.05, 3.63) is 34.1 Å². The molecular formula is C18H24N4O4. The molecule has 1 saturated heterocycles. The Bertz CT molecular complexity index is 814. The van der Waals surface area contributed by atoms with Crippen molar-refractivity contribution in [2.75, 3.05) is 51.0 Å². The first-order valence-corrected chi connectivity index (χ1v) is 8.91. The van der Waals surface area contributed by atoms with E-state index < -0.39 is 5.91 Å². The lowest BCUT2D eigenvalue weighted by atomic mass is 10.2. The van der Waals surface area contributed by atoms with Gasteiger partial charge in [0.15, 0.2) is 0 Å². The summed E-state index contributed by atoms with van der Waals surface area (Å²) in [7, 11) is 0. The molecule has 8 heteroatoms. The number of hydrogen-bond donors (Lipinski definition) is 2. The predicted octanol–water partition coefficient (Wildman–Crippen LogP) is 0.916. The van der Waals surface area contributed by atoms with Crippen molar-refractivity contribution in [3.63, 3.8) is 0 Å². The van der Waals surface area contributed by atoms with Crippen LogP contribution in [0.1, 0.15) is 23.7 Å². The molecular weight excluding hydrogens is 336 g/mol. The summed E-state index contributed by atoms with van der Waals surface area (Å²) >= 11 is 0. The number of carbonyl (C=O) groups excluding carboxylic acids is 1. The Morgan fingerprint density at radius 3 is 2.96 bits per heavy atom. The minimum atomic E-state index is -0.400. The lowest BCUT2D eigenvalue weighted by Crippen LogP contribution is -2.37. The van der Waals surface area contributed by atoms with E-state index in [4.69, 9.17) is 9.47 Å². The smallest absolute Gasteiger partial charge is 0.256 e. The number of anilines is 1.